The lowest BCUT2D eigenvalue weighted by atomic mass is 9.96. The first-order chi connectivity index (χ1) is 8.79. The van der Waals surface area contributed by atoms with Crippen molar-refractivity contribution in [1.82, 2.24) is 9.78 Å². The summed E-state index contributed by atoms with van der Waals surface area (Å²) in [5, 5.41) is 14.7. The average Bonchev–Trinajstić information content (AvgIpc) is 3.15. The molecule has 3 heteroatoms. The van der Waals surface area contributed by atoms with Gasteiger partial charge in [-0.1, -0.05) is 24.3 Å². The van der Waals surface area contributed by atoms with E-state index in [0.717, 1.165) is 17.7 Å². The summed E-state index contributed by atoms with van der Waals surface area (Å²) in [5.41, 5.74) is 3.22. The van der Waals surface area contributed by atoms with Gasteiger partial charge in [0, 0.05) is 18.3 Å². The molecule has 0 spiro atoms. The zero-order chi connectivity index (χ0) is 12.5. The van der Waals surface area contributed by atoms with E-state index in [2.05, 4.69) is 17.2 Å². The second kappa shape index (κ2) is 4.58. The Bertz CT molecular complexity index is 543. The van der Waals surface area contributed by atoms with E-state index >= 15 is 0 Å². The Morgan fingerprint density at radius 2 is 2.17 bits per heavy atom. The quantitative estimate of drug-likeness (QED) is 0.895. The molecule has 1 N–H and O–H groups in total. The average molecular weight is 242 g/mol. The molecule has 1 saturated carbocycles. The lowest BCUT2D eigenvalue weighted by molar-refractivity contribution is 0.219. The number of benzene rings is 1. The van der Waals surface area contributed by atoms with E-state index in [4.69, 9.17) is 0 Å². The van der Waals surface area contributed by atoms with Crippen molar-refractivity contribution < 1.29 is 5.11 Å². The van der Waals surface area contributed by atoms with Crippen molar-refractivity contribution in [3.8, 4) is 0 Å². The Balaban J connectivity index is 1.93. The first-order valence-electron chi connectivity index (χ1n) is 6.59. The molecule has 1 aromatic heterocycles. The van der Waals surface area contributed by atoms with E-state index in [1.54, 1.807) is 6.20 Å². The minimum absolute atomic E-state index is 0.554. The Hall–Kier alpha value is -1.61. The molecule has 94 valence electrons. The van der Waals surface area contributed by atoms with Crippen LogP contribution >= 0.6 is 0 Å². The maximum atomic E-state index is 10.5. The normalized spacial score (nSPS) is 16.8. The van der Waals surface area contributed by atoms with Gasteiger partial charge in [-0.3, -0.25) is 4.68 Å². The third-order valence-corrected chi connectivity index (χ3v) is 3.60. The van der Waals surface area contributed by atoms with Crippen molar-refractivity contribution in [1.29, 1.82) is 0 Å². The van der Waals surface area contributed by atoms with Crippen molar-refractivity contribution in [2.24, 2.45) is 0 Å². The van der Waals surface area contributed by atoms with Gasteiger partial charge in [0.15, 0.2) is 0 Å². The molecule has 3 rings (SSSR count). The van der Waals surface area contributed by atoms with E-state index < -0.39 is 6.10 Å². The van der Waals surface area contributed by atoms with E-state index in [9.17, 15) is 5.11 Å². The SMILES string of the molecule is CCn1cc(C(O)c2ccccc2C2CC2)cn1. The number of aliphatic hydroxyl groups is 1. The first-order valence-corrected chi connectivity index (χ1v) is 6.59. The Morgan fingerprint density at radius 3 is 2.83 bits per heavy atom. The summed E-state index contributed by atoms with van der Waals surface area (Å²) >= 11 is 0. The maximum Gasteiger partial charge on any atom is 0.107 e. The molecular weight excluding hydrogens is 224 g/mol. The van der Waals surface area contributed by atoms with Crippen LogP contribution in [0, 0.1) is 0 Å². The lowest BCUT2D eigenvalue weighted by Gasteiger charge is -2.13. The molecule has 2 aromatic rings. The molecule has 1 heterocycles. The Kier molecular flexibility index (Phi) is 2.92. The van der Waals surface area contributed by atoms with Crippen molar-refractivity contribution in [2.75, 3.05) is 0 Å². The van der Waals surface area contributed by atoms with E-state index in [1.165, 1.54) is 18.4 Å². The van der Waals surface area contributed by atoms with Gasteiger partial charge in [-0.2, -0.15) is 5.10 Å². The third kappa shape index (κ3) is 2.06. The van der Waals surface area contributed by atoms with Crippen molar-refractivity contribution in [2.45, 2.75) is 38.3 Å². The van der Waals surface area contributed by atoms with Crippen LogP contribution in [0.1, 0.15) is 48.5 Å². The van der Waals surface area contributed by atoms with Gasteiger partial charge in [-0.05, 0) is 36.8 Å². The minimum atomic E-state index is -0.554. The van der Waals surface area contributed by atoms with Crippen LogP contribution < -0.4 is 0 Å². The third-order valence-electron chi connectivity index (χ3n) is 3.60. The summed E-state index contributed by atoms with van der Waals surface area (Å²) in [7, 11) is 0. The standard InChI is InChI=1S/C15H18N2O/c1-2-17-10-12(9-16-17)15(18)14-6-4-3-5-13(14)11-7-8-11/h3-6,9-11,15,18H,2,7-8H2,1H3. The highest BCUT2D eigenvalue weighted by Gasteiger charge is 2.28. The number of hydrogen-bond donors (Lipinski definition) is 1. The molecule has 1 aromatic carbocycles. The predicted octanol–water partition coefficient (Wildman–Crippen LogP) is 2.86. The largest absolute Gasteiger partial charge is 0.384 e. The van der Waals surface area contributed by atoms with Crippen LogP contribution in [-0.2, 0) is 6.54 Å². The molecule has 3 nitrogen and oxygen atoms in total. The smallest absolute Gasteiger partial charge is 0.107 e. The van der Waals surface area contributed by atoms with Gasteiger partial charge in [-0.15, -0.1) is 0 Å². The molecule has 1 unspecified atom stereocenters. The molecule has 0 aliphatic heterocycles. The topological polar surface area (TPSA) is 38.0 Å². The molecule has 0 bridgehead atoms. The summed E-state index contributed by atoms with van der Waals surface area (Å²) in [6, 6.07) is 8.22. The highest BCUT2D eigenvalue weighted by atomic mass is 16.3. The Morgan fingerprint density at radius 1 is 1.39 bits per heavy atom. The van der Waals surface area contributed by atoms with Crippen LogP contribution in [-0.4, -0.2) is 14.9 Å². The fraction of sp³-hybridized carbons (Fsp3) is 0.400. The van der Waals surface area contributed by atoms with Crippen LogP contribution in [0.2, 0.25) is 0 Å². The summed E-state index contributed by atoms with van der Waals surface area (Å²) in [5.74, 6) is 0.650. The number of rotatable bonds is 4. The van der Waals surface area contributed by atoms with Gasteiger partial charge in [-0.25, -0.2) is 0 Å². The summed E-state index contributed by atoms with van der Waals surface area (Å²) in [6.45, 7) is 2.87. The summed E-state index contributed by atoms with van der Waals surface area (Å²) in [6.07, 6.45) is 5.63. The molecule has 1 atom stereocenters. The molecule has 18 heavy (non-hydrogen) atoms. The number of nitrogens with zero attached hydrogens (tertiary/aromatic N) is 2. The minimum Gasteiger partial charge on any atom is -0.384 e. The van der Waals surface area contributed by atoms with Crippen LogP contribution in [0.5, 0.6) is 0 Å². The fourth-order valence-corrected chi connectivity index (χ4v) is 2.40. The molecule has 0 saturated heterocycles. The van der Waals surface area contributed by atoms with E-state index in [-0.39, 0.29) is 0 Å². The molecule has 0 radical (unpaired) electrons. The van der Waals surface area contributed by atoms with Crippen molar-refractivity contribution in [3.63, 3.8) is 0 Å². The van der Waals surface area contributed by atoms with Gasteiger partial charge >= 0.3 is 0 Å². The van der Waals surface area contributed by atoms with Crippen molar-refractivity contribution in [3.05, 3.63) is 53.3 Å². The van der Waals surface area contributed by atoms with E-state index in [0.29, 0.717) is 5.92 Å². The number of aryl methyl sites for hydroxylation is 1. The zero-order valence-corrected chi connectivity index (χ0v) is 10.6. The Labute approximate surface area is 107 Å². The molecule has 1 aliphatic rings. The summed E-state index contributed by atoms with van der Waals surface area (Å²) in [4.78, 5) is 0. The molecule has 1 fully saturated rings. The second-order valence-electron chi connectivity index (χ2n) is 4.94. The highest BCUT2D eigenvalue weighted by molar-refractivity contribution is 5.38. The lowest BCUT2D eigenvalue weighted by Crippen LogP contribution is -2.02. The highest BCUT2D eigenvalue weighted by Crippen LogP contribution is 2.43. The van der Waals surface area contributed by atoms with E-state index in [1.807, 2.05) is 29.9 Å². The molecule has 0 amide bonds. The predicted molar refractivity (Wildman–Crippen MR) is 70.4 cm³/mol. The van der Waals surface area contributed by atoms with Crippen LogP contribution in [0.25, 0.3) is 0 Å². The van der Waals surface area contributed by atoms with Crippen LogP contribution in [0.15, 0.2) is 36.7 Å². The monoisotopic (exact) mass is 242 g/mol. The molecule has 1 aliphatic carbocycles. The number of hydrogen-bond acceptors (Lipinski definition) is 2. The molecular formula is C15H18N2O. The van der Waals surface area contributed by atoms with Crippen LogP contribution in [0.3, 0.4) is 0 Å². The van der Waals surface area contributed by atoms with Gasteiger partial charge < -0.3 is 5.11 Å². The summed E-state index contributed by atoms with van der Waals surface area (Å²) < 4.78 is 1.85. The van der Waals surface area contributed by atoms with Gasteiger partial charge in [0.2, 0.25) is 0 Å². The number of aromatic nitrogens is 2. The first kappa shape index (κ1) is 11.5. The van der Waals surface area contributed by atoms with Crippen molar-refractivity contribution >= 4 is 0 Å². The fourth-order valence-electron chi connectivity index (χ4n) is 2.40. The van der Waals surface area contributed by atoms with Gasteiger partial charge in [0.05, 0.1) is 6.20 Å². The zero-order valence-electron chi connectivity index (χ0n) is 10.6. The van der Waals surface area contributed by atoms with Crippen LogP contribution in [0.4, 0.5) is 0 Å². The second-order valence-corrected chi connectivity index (χ2v) is 4.94. The maximum absolute atomic E-state index is 10.5. The van der Waals surface area contributed by atoms with Gasteiger partial charge in [0.1, 0.15) is 6.10 Å². The van der Waals surface area contributed by atoms with Gasteiger partial charge in [0.25, 0.3) is 0 Å². The number of aliphatic hydroxyl groups excluding tert-OH is 1.